The molecule has 1 aromatic rings. The maximum absolute atomic E-state index is 13.7. The fourth-order valence-electron chi connectivity index (χ4n) is 5.14. The molecule has 1 aliphatic carbocycles. The molecule has 1 aromatic carbocycles. The molecule has 1 heterocycles. The van der Waals surface area contributed by atoms with E-state index in [1.807, 2.05) is 0 Å². The number of likely N-dealkylation sites (tertiary alicyclic amines) is 1. The molecule has 0 bridgehead atoms. The lowest BCUT2D eigenvalue weighted by molar-refractivity contribution is -0.143. The Labute approximate surface area is 183 Å². The van der Waals surface area contributed by atoms with Gasteiger partial charge in [0.1, 0.15) is 5.75 Å². The van der Waals surface area contributed by atoms with E-state index in [9.17, 15) is 31.1 Å². The van der Waals surface area contributed by atoms with Gasteiger partial charge in [-0.05, 0) is 51.7 Å². The van der Waals surface area contributed by atoms with E-state index in [0.29, 0.717) is 24.6 Å². The van der Waals surface area contributed by atoms with Crippen molar-refractivity contribution in [2.75, 3.05) is 7.11 Å². The Morgan fingerprint density at radius 2 is 1.56 bits per heavy atom. The van der Waals surface area contributed by atoms with Crippen LogP contribution < -0.4 is 10.1 Å². The highest BCUT2D eigenvalue weighted by atomic mass is 19.4. The fraction of sp³-hybridized carbons (Fsp3) is 0.682. The SMILES string of the molecule is COc1cc(C(F)(F)F)cc(C(F)(F)F)c1C(=O)N[C@@H]1CCCC[C@@H]1N1C(C)CCC1C. The Bertz CT molecular complexity index is 829. The van der Waals surface area contributed by atoms with Crippen LogP contribution in [0.2, 0.25) is 0 Å². The predicted molar refractivity (Wildman–Crippen MR) is 107 cm³/mol. The Morgan fingerprint density at radius 1 is 0.969 bits per heavy atom. The van der Waals surface area contributed by atoms with Crippen molar-refractivity contribution in [3.63, 3.8) is 0 Å². The lowest BCUT2D eigenvalue weighted by Gasteiger charge is -2.42. The van der Waals surface area contributed by atoms with Crippen LogP contribution in [0.25, 0.3) is 0 Å². The summed E-state index contributed by atoms with van der Waals surface area (Å²) in [5.74, 6) is -1.82. The highest BCUT2D eigenvalue weighted by Gasteiger charge is 2.43. The zero-order chi connectivity index (χ0) is 23.8. The van der Waals surface area contributed by atoms with Crippen LogP contribution in [0.15, 0.2) is 12.1 Å². The van der Waals surface area contributed by atoms with Crippen LogP contribution in [0.1, 0.15) is 73.9 Å². The van der Waals surface area contributed by atoms with Crippen LogP contribution in [-0.2, 0) is 12.4 Å². The first-order chi connectivity index (χ1) is 14.8. The molecule has 180 valence electrons. The van der Waals surface area contributed by atoms with E-state index in [-0.39, 0.29) is 12.1 Å². The maximum atomic E-state index is 13.7. The van der Waals surface area contributed by atoms with Crippen LogP contribution in [0, 0.1) is 0 Å². The van der Waals surface area contributed by atoms with Crippen molar-refractivity contribution >= 4 is 5.91 Å². The van der Waals surface area contributed by atoms with Crippen molar-refractivity contribution in [1.82, 2.24) is 10.2 Å². The van der Waals surface area contributed by atoms with Crippen molar-refractivity contribution in [3.8, 4) is 5.75 Å². The second kappa shape index (κ2) is 9.11. The van der Waals surface area contributed by atoms with E-state index >= 15 is 0 Å². The molecule has 2 aliphatic rings. The first-order valence-corrected chi connectivity index (χ1v) is 10.8. The quantitative estimate of drug-likeness (QED) is 0.584. The molecule has 4 nitrogen and oxygen atoms in total. The number of nitrogens with zero attached hydrogens (tertiary/aromatic N) is 1. The lowest BCUT2D eigenvalue weighted by atomic mass is 9.87. The van der Waals surface area contributed by atoms with Gasteiger partial charge in [0.2, 0.25) is 0 Å². The number of carbonyl (C=O) groups is 1. The fourth-order valence-corrected chi connectivity index (χ4v) is 5.14. The topological polar surface area (TPSA) is 41.6 Å². The molecule has 0 aromatic heterocycles. The number of alkyl halides is 6. The van der Waals surface area contributed by atoms with Crippen molar-refractivity contribution < 1.29 is 35.9 Å². The Morgan fingerprint density at radius 3 is 2.09 bits per heavy atom. The molecule has 32 heavy (non-hydrogen) atoms. The van der Waals surface area contributed by atoms with Crippen molar-refractivity contribution in [2.45, 2.75) is 88.9 Å². The van der Waals surface area contributed by atoms with Gasteiger partial charge in [-0.3, -0.25) is 9.69 Å². The van der Waals surface area contributed by atoms with Gasteiger partial charge in [-0.1, -0.05) is 12.8 Å². The summed E-state index contributed by atoms with van der Waals surface area (Å²) < 4.78 is 85.3. The first-order valence-electron chi connectivity index (χ1n) is 10.8. The Kier molecular flexibility index (Phi) is 7.02. The summed E-state index contributed by atoms with van der Waals surface area (Å²) in [7, 11) is 0.948. The number of methoxy groups -OCH3 is 1. The largest absolute Gasteiger partial charge is 0.496 e. The van der Waals surface area contributed by atoms with Gasteiger partial charge >= 0.3 is 12.4 Å². The maximum Gasteiger partial charge on any atom is 0.417 e. The zero-order valence-electron chi connectivity index (χ0n) is 18.2. The molecule has 1 N–H and O–H groups in total. The molecule has 1 saturated heterocycles. The van der Waals surface area contributed by atoms with E-state index in [4.69, 9.17) is 4.74 Å². The molecule has 3 rings (SSSR count). The van der Waals surface area contributed by atoms with E-state index in [1.54, 1.807) is 0 Å². The number of halogens is 6. The molecule has 2 unspecified atom stereocenters. The number of amides is 1. The third kappa shape index (κ3) is 5.00. The number of ether oxygens (including phenoxy) is 1. The van der Waals surface area contributed by atoms with Gasteiger partial charge < -0.3 is 10.1 Å². The molecular formula is C22H28F6N2O2. The number of nitrogens with one attached hydrogen (secondary N) is 1. The molecule has 0 spiro atoms. The normalized spacial score (nSPS) is 27.4. The van der Waals surface area contributed by atoms with Gasteiger partial charge in [-0.25, -0.2) is 0 Å². The third-order valence-corrected chi connectivity index (χ3v) is 6.63. The minimum absolute atomic E-state index is 0.0274. The summed E-state index contributed by atoms with van der Waals surface area (Å²) in [6, 6.07) is 0.563. The van der Waals surface area contributed by atoms with Crippen LogP contribution in [-0.4, -0.2) is 42.1 Å². The summed E-state index contributed by atoms with van der Waals surface area (Å²) >= 11 is 0. The average Bonchev–Trinajstić information content (AvgIpc) is 3.04. The Balaban J connectivity index is 1.97. The number of hydrogen-bond acceptors (Lipinski definition) is 3. The Hall–Kier alpha value is -1.97. The third-order valence-electron chi connectivity index (χ3n) is 6.63. The van der Waals surface area contributed by atoms with E-state index in [2.05, 4.69) is 24.1 Å². The molecule has 10 heteroatoms. The zero-order valence-corrected chi connectivity index (χ0v) is 18.2. The highest BCUT2D eigenvalue weighted by molar-refractivity contribution is 5.99. The van der Waals surface area contributed by atoms with Crippen molar-refractivity contribution in [2.24, 2.45) is 0 Å². The van der Waals surface area contributed by atoms with E-state index in [0.717, 1.165) is 39.2 Å². The number of benzene rings is 1. The minimum Gasteiger partial charge on any atom is -0.496 e. The molecule has 4 atom stereocenters. The summed E-state index contributed by atoms with van der Waals surface area (Å²) in [5, 5.41) is 2.71. The highest BCUT2D eigenvalue weighted by Crippen LogP contribution is 2.42. The lowest BCUT2D eigenvalue weighted by Crippen LogP contribution is -2.56. The molecular weight excluding hydrogens is 438 g/mol. The molecule has 0 radical (unpaired) electrons. The standard InChI is InChI=1S/C22H28F6N2O2/c1-12-8-9-13(2)30(12)17-7-5-4-6-16(17)29-20(31)19-15(22(26,27)28)10-14(21(23,24)25)11-18(19)32-3/h10-13,16-17H,4-9H2,1-3H3,(H,29,31)/t12?,13?,16-,17+/m1/s1. The van der Waals surface area contributed by atoms with E-state index in [1.165, 1.54) is 0 Å². The monoisotopic (exact) mass is 466 g/mol. The predicted octanol–water partition coefficient (Wildman–Crippen LogP) is 5.65. The van der Waals surface area contributed by atoms with Crippen LogP contribution in [0.5, 0.6) is 5.75 Å². The minimum atomic E-state index is -5.16. The molecule has 1 saturated carbocycles. The summed E-state index contributed by atoms with van der Waals surface area (Å²) in [4.78, 5) is 15.4. The number of rotatable bonds is 4. The van der Waals surface area contributed by atoms with Gasteiger partial charge in [-0.2, -0.15) is 26.3 Å². The number of hydrogen-bond donors (Lipinski definition) is 1. The number of carbonyl (C=O) groups excluding carboxylic acids is 1. The molecule has 1 amide bonds. The second-order valence-corrected chi connectivity index (χ2v) is 8.75. The van der Waals surface area contributed by atoms with Crippen LogP contribution in [0.3, 0.4) is 0 Å². The molecule has 2 fully saturated rings. The van der Waals surface area contributed by atoms with E-state index < -0.39 is 46.7 Å². The van der Waals surface area contributed by atoms with Gasteiger partial charge in [0, 0.05) is 24.2 Å². The van der Waals surface area contributed by atoms with Gasteiger partial charge in [0.15, 0.2) is 0 Å². The second-order valence-electron chi connectivity index (χ2n) is 8.75. The van der Waals surface area contributed by atoms with Gasteiger partial charge in [0.05, 0.1) is 23.8 Å². The van der Waals surface area contributed by atoms with Crippen molar-refractivity contribution in [1.29, 1.82) is 0 Å². The van der Waals surface area contributed by atoms with Crippen LogP contribution >= 0.6 is 0 Å². The summed E-state index contributed by atoms with van der Waals surface area (Å²) in [6.45, 7) is 4.19. The smallest absolute Gasteiger partial charge is 0.417 e. The summed E-state index contributed by atoms with van der Waals surface area (Å²) in [5.41, 5.74) is -4.09. The average molecular weight is 466 g/mol. The first kappa shape index (κ1) is 24.7. The molecule has 1 aliphatic heterocycles. The summed E-state index contributed by atoms with van der Waals surface area (Å²) in [6.07, 6.45) is -5.01. The van der Waals surface area contributed by atoms with Gasteiger partial charge in [-0.15, -0.1) is 0 Å². The van der Waals surface area contributed by atoms with Crippen molar-refractivity contribution in [3.05, 3.63) is 28.8 Å². The van der Waals surface area contributed by atoms with Crippen LogP contribution in [0.4, 0.5) is 26.3 Å². The van der Waals surface area contributed by atoms with Gasteiger partial charge in [0.25, 0.3) is 5.91 Å².